The average molecular weight is 581 g/mol. The van der Waals surface area contributed by atoms with Gasteiger partial charge in [-0.1, -0.05) is 68.4 Å². The number of ether oxygens (including phenoxy) is 3. The highest BCUT2D eigenvalue weighted by Gasteiger charge is 2.84. The number of para-hydroxylation sites is 1. The highest BCUT2D eigenvalue weighted by Crippen LogP contribution is 2.75. The molecular formula is C27H24ClF7O4. The first-order valence-electron chi connectivity index (χ1n) is 11.4. The van der Waals surface area contributed by atoms with Gasteiger partial charge in [0.15, 0.2) is 0 Å². The summed E-state index contributed by atoms with van der Waals surface area (Å²) in [5.41, 5.74) is -7.37. The Balaban J connectivity index is 1.83. The summed E-state index contributed by atoms with van der Waals surface area (Å²) in [6, 6.07) is 15.0. The molecular weight excluding hydrogens is 557 g/mol. The lowest BCUT2D eigenvalue weighted by atomic mass is 9.96. The van der Waals surface area contributed by atoms with Crippen molar-refractivity contribution < 1.29 is 49.7 Å². The molecule has 1 saturated carbocycles. The minimum atomic E-state index is -6.25. The first kappa shape index (κ1) is 30.5. The normalized spacial score (nSPS) is 22.4. The molecule has 0 radical (unpaired) electrons. The van der Waals surface area contributed by atoms with Crippen LogP contribution < -0.4 is 4.74 Å². The maximum absolute atomic E-state index is 15.0. The second-order valence-electron chi connectivity index (χ2n) is 9.39. The lowest BCUT2D eigenvalue weighted by Crippen LogP contribution is -2.48. The maximum Gasteiger partial charge on any atom is 0.457 e. The van der Waals surface area contributed by atoms with Crippen molar-refractivity contribution in [1.29, 1.82) is 0 Å². The van der Waals surface area contributed by atoms with Gasteiger partial charge in [0, 0.05) is 5.56 Å². The van der Waals surface area contributed by atoms with E-state index >= 15 is 8.78 Å². The van der Waals surface area contributed by atoms with Gasteiger partial charge in [-0.2, -0.15) is 30.7 Å². The number of hydrogen-bond acceptors (Lipinski definition) is 4. The van der Waals surface area contributed by atoms with Crippen LogP contribution in [0.2, 0.25) is 0 Å². The number of carbonyl (C=O) groups excluding carboxylic acids is 1. The van der Waals surface area contributed by atoms with Gasteiger partial charge in [0.1, 0.15) is 23.0 Å². The minimum Gasteiger partial charge on any atom is -0.457 e. The summed E-state index contributed by atoms with van der Waals surface area (Å²) >= 11 is 4.94. The van der Waals surface area contributed by atoms with E-state index in [1.54, 1.807) is 48.5 Å². The van der Waals surface area contributed by atoms with Crippen molar-refractivity contribution in [3.63, 3.8) is 0 Å². The summed E-state index contributed by atoms with van der Waals surface area (Å²) in [7, 11) is 0. The number of hydrogen-bond donors (Lipinski definition) is 0. The molecule has 1 aliphatic rings. The SMILES string of the molecule is C=CC(OC(=O)C1(C=C)C(C(F)(F)OC(Cl)C(F)(F)C(F)(F)F)C1(C)C)c1cccc(Oc2ccccc2)c1. The molecule has 0 bridgehead atoms. The van der Waals surface area contributed by atoms with Gasteiger partial charge < -0.3 is 9.47 Å². The minimum absolute atomic E-state index is 0.356. The summed E-state index contributed by atoms with van der Waals surface area (Å²) in [6.45, 7) is 9.35. The summed E-state index contributed by atoms with van der Waals surface area (Å²) in [5.74, 6) is -8.39. The second-order valence-corrected chi connectivity index (χ2v) is 9.79. The molecule has 0 saturated heterocycles. The molecule has 0 aromatic heterocycles. The molecule has 0 amide bonds. The Labute approximate surface area is 225 Å². The first-order valence-corrected chi connectivity index (χ1v) is 11.8. The quantitative estimate of drug-likeness (QED) is 0.116. The van der Waals surface area contributed by atoms with Crippen LogP contribution in [0.3, 0.4) is 0 Å². The number of benzene rings is 2. The van der Waals surface area contributed by atoms with Gasteiger partial charge >= 0.3 is 24.2 Å². The summed E-state index contributed by atoms with van der Waals surface area (Å²) in [6.07, 6.45) is -10.1. The van der Waals surface area contributed by atoms with Gasteiger partial charge in [-0.15, -0.1) is 6.58 Å². The summed E-state index contributed by atoms with van der Waals surface area (Å²) in [4.78, 5) is 13.3. The Hall–Kier alpha value is -3.05. The Bertz CT molecular complexity index is 1220. The van der Waals surface area contributed by atoms with E-state index < -0.39 is 52.6 Å². The van der Waals surface area contributed by atoms with Crippen LogP contribution in [0.25, 0.3) is 0 Å². The number of esters is 1. The summed E-state index contributed by atoms with van der Waals surface area (Å²) in [5, 5.41) is 0. The Morgan fingerprint density at radius 1 is 0.974 bits per heavy atom. The molecule has 212 valence electrons. The van der Waals surface area contributed by atoms with Crippen LogP contribution in [-0.4, -0.2) is 29.7 Å². The van der Waals surface area contributed by atoms with Crippen molar-refractivity contribution >= 4 is 17.6 Å². The number of rotatable bonds is 11. The molecule has 2 aromatic carbocycles. The van der Waals surface area contributed by atoms with Crippen LogP contribution in [-0.2, 0) is 14.3 Å². The highest BCUT2D eigenvalue weighted by molar-refractivity contribution is 6.20. The maximum atomic E-state index is 15.0. The van der Waals surface area contributed by atoms with E-state index in [1.807, 2.05) is 0 Å². The standard InChI is InChI=1S/C27H24ClF7O4/c1-5-19(16-11-10-14-18(15-16)37-17-12-8-7-9-13-17)38-22(36)24(6-2)20(23(24,3)4)26(31,32)39-21(28)25(29,30)27(33,34)35/h5-15,19-21H,1-2H2,3-4H3. The monoisotopic (exact) mass is 580 g/mol. The second kappa shape index (κ2) is 10.5. The zero-order valence-electron chi connectivity index (χ0n) is 20.7. The highest BCUT2D eigenvalue weighted by atomic mass is 35.5. The third kappa shape index (κ3) is 5.51. The van der Waals surface area contributed by atoms with Gasteiger partial charge in [-0.3, -0.25) is 9.53 Å². The van der Waals surface area contributed by atoms with Crippen molar-refractivity contribution in [2.75, 3.05) is 0 Å². The van der Waals surface area contributed by atoms with Gasteiger partial charge in [-0.05, 0) is 35.8 Å². The number of carbonyl (C=O) groups is 1. The van der Waals surface area contributed by atoms with Crippen molar-refractivity contribution in [3.8, 4) is 11.5 Å². The number of alkyl halides is 8. The van der Waals surface area contributed by atoms with E-state index in [0.29, 0.717) is 17.1 Å². The third-order valence-corrected chi connectivity index (χ3v) is 7.06. The van der Waals surface area contributed by atoms with Crippen LogP contribution in [0.5, 0.6) is 11.5 Å². The van der Waals surface area contributed by atoms with Crippen LogP contribution in [0.1, 0.15) is 25.5 Å². The van der Waals surface area contributed by atoms with E-state index in [1.165, 1.54) is 26.0 Å². The van der Waals surface area contributed by atoms with Gasteiger partial charge in [0.05, 0.1) is 5.92 Å². The van der Waals surface area contributed by atoms with Gasteiger partial charge in [0.2, 0.25) is 5.56 Å². The zero-order chi connectivity index (χ0) is 29.4. The van der Waals surface area contributed by atoms with Crippen molar-refractivity contribution in [3.05, 3.63) is 85.5 Å². The Morgan fingerprint density at radius 3 is 2.10 bits per heavy atom. The fraction of sp³-hybridized carbons (Fsp3) is 0.370. The van der Waals surface area contributed by atoms with Crippen molar-refractivity contribution in [1.82, 2.24) is 0 Å². The molecule has 1 fully saturated rings. The third-order valence-electron chi connectivity index (χ3n) is 6.69. The molecule has 1 aliphatic carbocycles. The van der Waals surface area contributed by atoms with E-state index in [2.05, 4.69) is 17.9 Å². The van der Waals surface area contributed by atoms with Gasteiger partial charge in [-0.25, -0.2) is 0 Å². The van der Waals surface area contributed by atoms with Crippen LogP contribution in [0, 0.1) is 16.7 Å². The first-order chi connectivity index (χ1) is 18.0. The fourth-order valence-corrected chi connectivity index (χ4v) is 4.82. The zero-order valence-corrected chi connectivity index (χ0v) is 21.4. The van der Waals surface area contributed by atoms with Crippen molar-refractivity contribution in [2.45, 2.75) is 43.7 Å². The molecule has 0 N–H and O–H groups in total. The predicted molar refractivity (Wildman–Crippen MR) is 129 cm³/mol. The topological polar surface area (TPSA) is 44.8 Å². The van der Waals surface area contributed by atoms with Crippen LogP contribution in [0.15, 0.2) is 79.9 Å². The molecule has 4 nitrogen and oxygen atoms in total. The van der Waals surface area contributed by atoms with E-state index in [9.17, 15) is 26.7 Å². The molecule has 39 heavy (non-hydrogen) atoms. The Morgan fingerprint density at radius 2 is 1.56 bits per heavy atom. The van der Waals surface area contributed by atoms with E-state index in [0.717, 1.165) is 6.08 Å². The molecule has 3 rings (SSSR count). The lowest BCUT2D eigenvalue weighted by Gasteiger charge is -2.28. The molecule has 0 aliphatic heterocycles. The summed E-state index contributed by atoms with van der Waals surface area (Å²) < 4.78 is 110. The lowest BCUT2D eigenvalue weighted by molar-refractivity contribution is -0.351. The molecule has 12 heteroatoms. The van der Waals surface area contributed by atoms with Crippen LogP contribution >= 0.6 is 11.6 Å². The fourth-order valence-electron chi connectivity index (χ4n) is 4.58. The predicted octanol–water partition coefficient (Wildman–Crippen LogP) is 8.45. The van der Waals surface area contributed by atoms with Crippen LogP contribution in [0.4, 0.5) is 30.7 Å². The average Bonchev–Trinajstić information content (AvgIpc) is 3.39. The molecule has 4 atom stereocenters. The smallest absolute Gasteiger partial charge is 0.457 e. The largest absolute Gasteiger partial charge is 0.457 e. The van der Waals surface area contributed by atoms with Gasteiger partial charge in [0.25, 0.3) is 0 Å². The number of halogens is 8. The van der Waals surface area contributed by atoms with E-state index in [4.69, 9.17) is 21.1 Å². The molecule has 4 unspecified atom stereocenters. The molecule has 2 aromatic rings. The van der Waals surface area contributed by atoms with E-state index in [-0.39, 0.29) is 0 Å². The molecule has 0 spiro atoms. The Kier molecular flexibility index (Phi) is 8.21. The molecule has 0 heterocycles. The van der Waals surface area contributed by atoms with Crippen molar-refractivity contribution in [2.24, 2.45) is 16.7 Å².